The second kappa shape index (κ2) is 5.08. The number of hydrogen-bond donors (Lipinski definition) is 2. The van der Waals surface area contributed by atoms with Gasteiger partial charge in [0.2, 0.25) is 0 Å². The average molecular weight is 267 g/mol. The van der Waals surface area contributed by atoms with Crippen molar-refractivity contribution in [2.75, 3.05) is 0 Å². The molecule has 1 aromatic carbocycles. The Morgan fingerprint density at radius 3 is 2.80 bits per heavy atom. The van der Waals surface area contributed by atoms with Crippen LogP contribution in [-0.2, 0) is 0 Å². The summed E-state index contributed by atoms with van der Waals surface area (Å²) in [6.45, 7) is 1.85. The zero-order valence-electron chi connectivity index (χ0n) is 10.9. The minimum Gasteiger partial charge on any atom is -0.347 e. The lowest BCUT2D eigenvalue weighted by molar-refractivity contribution is 0.0933. The van der Waals surface area contributed by atoms with E-state index in [-0.39, 0.29) is 11.9 Å². The third-order valence-corrected chi connectivity index (χ3v) is 2.96. The van der Waals surface area contributed by atoms with Crippen LogP contribution in [0, 0.1) is 0 Å². The SMILES string of the molecule is CC(NC(=O)c1cnc2ccccc2n1)c1ncc[nH]1. The number of imidazole rings is 1. The van der Waals surface area contributed by atoms with Gasteiger partial charge in [-0.15, -0.1) is 0 Å². The molecule has 0 aliphatic heterocycles. The molecule has 1 unspecified atom stereocenters. The summed E-state index contributed by atoms with van der Waals surface area (Å²) in [5.41, 5.74) is 1.76. The lowest BCUT2D eigenvalue weighted by Gasteiger charge is -2.11. The summed E-state index contributed by atoms with van der Waals surface area (Å²) in [6.07, 6.45) is 4.84. The summed E-state index contributed by atoms with van der Waals surface area (Å²) in [6, 6.07) is 7.22. The van der Waals surface area contributed by atoms with E-state index >= 15 is 0 Å². The molecule has 2 heterocycles. The molecule has 6 heteroatoms. The van der Waals surface area contributed by atoms with Crippen LogP contribution in [-0.4, -0.2) is 25.8 Å². The number of nitrogens with one attached hydrogen (secondary N) is 2. The number of carbonyl (C=O) groups excluding carboxylic acids is 1. The Bertz CT molecular complexity index is 738. The summed E-state index contributed by atoms with van der Waals surface area (Å²) in [4.78, 5) is 27.7. The van der Waals surface area contributed by atoms with E-state index in [1.807, 2.05) is 31.2 Å². The van der Waals surface area contributed by atoms with Crippen molar-refractivity contribution in [1.29, 1.82) is 0 Å². The molecular weight excluding hydrogens is 254 g/mol. The second-order valence-electron chi connectivity index (χ2n) is 4.41. The fourth-order valence-electron chi connectivity index (χ4n) is 1.92. The van der Waals surface area contributed by atoms with Crippen LogP contribution in [0.3, 0.4) is 0 Å². The zero-order chi connectivity index (χ0) is 13.9. The maximum Gasteiger partial charge on any atom is 0.272 e. The minimum absolute atomic E-state index is 0.217. The van der Waals surface area contributed by atoms with Gasteiger partial charge in [0.1, 0.15) is 11.5 Å². The molecule has 20 heavy (non-hydrogen) atoms. The Kier molecular flexibility index (Phi) is 3.12. The molecule has 0 saturated heterocycles. The Balaban J connectivity index is 1.82. The molecule has 3 aromatic rings. The van der Waals surface area contributed by atoms with Gasteiger partial charge in [-0.3, -0.25) is 9.78 Å². The first-order chi connectivity index (χ1) is 9.74. The fraction of sp³-hybridized carbons (Fsp3) is 0.143. The highest BCUT2D eigenvalue weighted by Crippen LogP contribution is 2.10. The summed E-state index contributed by atoms with van der Waals surface area (Å²) in [7, 11) is 0. The number of H-pyrrole nitrogens is 1. The van der Waals surface area contributed by atoms with Crippen LogP contribution < -0.4 is 5.32 Å². The van der Waals surface area contributed by atoms with Crippen molar-refractivity contribution in [2.45, 2.75) is 13.0 Å². The highest BCUT2D eigenvalue weighted by molar-refractivity contribution is 5.93. The molecule has 1 amide bonds. The fourth-order valence-corrected chi connectivity index (χ4v) is 1.92. The van der Waals surface area contributed by atoms with Gasteiger partial charge in [0.15, 0.2) is 0 Å². The van der Waals surface area contributed by atoms with Crippen LogP contribution in [0.25, 0.3) is 11.0 Å². The van der Waals surface area contributed by atoms with Crippen molar-refractivity contribution in [1.82, 2.24) is 25.3 Å². The van der Waals surface area contributed by atoms with Crippen LogP contribution >= 0.6 is 0 Å². The Morgan fingerprint density at radius 2 is 2.05 bits per heavy atom. The van der Waals surface area contributed by atoms with Crippen molar-refractivity contribution in [3.63, 3.8) is 0 Å². The maximum absolute atomic E-state index is 12.1. The number of para-hydroxylation sites is 2. The lowest BCUT2D eigenvalue weighted by Crippen LogP contribution is -2.28. The first-order valence-electron chi connectivity index (χ1n) is 6.26. The summed E-state index contributed by atoms with van der Waals surface area (Å²) < 4.78 is 0. The molecule has 6 nitrogen and oxygen atoms in total. The molecule has 0 spiro atoms. The Hall–Kier alpha value is -2.76. The highest BCUT2D eigenvalue weighted by Gasteiger charge is 2.14. The van der Waals surface area contributed by atoms with Crippen molar-refractivity contribution < 1.29 is 4.79 Å². The zero-order valence-corrected chi connectivity index (χ0v) is 10.9. The second-order valence-corrected chi connectivity index (χ2v) is 4.41. The van der Waals surface area contributed by atoms with E-state index in [2.05, 4.69) is 25.3 Å². The quantitative estimate of drug-likeness (QED) is 0.758. The number of aromatic amines is 1. The van der Waals surface area contributed by atoms with Crippen molar-refractivity contribution >= 4 is 16.9 Å². The molecule has 0 saturated carbocycles. The van der Waals surface area contributed by atoms with E-state index in [1.54, 1.807) is 12.4 Å². The third-order valence-electron chi connectivity index (χ3n) is 2.96. The number of aromatic nitrogens is 4. The first kappa shape index (κ1) is 12.3. The maximum atomic E-state index is 12.1. The normalized spacial score (nSPS) is 12.2. The van der Waals surface area contributed by atoms with Crippen molar-refractivity contribution in [3.05, 3.63) is 54.4 Å². The topological polar surface area (TPSA) is 83.6 Å². The summed E-state index contributed by atoms with van der Waals surface area (Å²) in [5, 5.41) is 2.83. The number of hydrogen-bond acceptors (Lipinski definition) is 4. The van der Waals surface area contributed by atoms with Crippen LogP contribution in [0.5, 0.6) is 0 Å². The Morgan fingerprint density at radius 1 is 1.25 bits per heavy atom. The largest absolute Gasteiger partial charge is 0.347 e. The van der Waals surface area contributed by atoms with Gasteiger partial charge in [0.05, 0.1) is 23.3 Å². The molecule has 1 atom stereocenters. The average Bonchev–Trinajstić information content (AvgIpc) is 3.01. The molecule has 2 N–H and O–H groups in total. The number of benzene rings is 1. The lowest BCUT2D eigenvalue weighted by atomic mass is 10.2. The molecule has 0 radical (unpaired) electrons. The van der Waals surface area contributed by atoms with Crippen LogP contribution in [0.15, 0.2) is 42.9 Å². The van der Waals surface area contributed by atoms with Crippen molar-refractivity contribution in [2.24, 2.45) is 0 Å². The van der Waals surface area contributed by atoms with Gasteiger partial charge in [0.25, 0.3) is 5.91 Å². The molecule has 0 aliphatic rings. The van der Waals surface area contributed by atoms with Crippen LogP contribution in [0.4, 0.5) is 0 Å². The number of carbonyl (C=O) groups is 1. The summed E-state index contributed by atoms with van der Waals surface area (Å²) >= 11 is 0. The third kappa shape index (κ3) is 2.35. The van der Waals surface area contributed by atoms with E-state index < -0.39 is 0 Å². The van der Waals surface area contributed by atoms with Gasteiger partial charge >= 0.3 is 0 Å². The minimum atomic E-state index is -0.271. The van der Waals surface area contributed by atoms with E-state index in [9.17, 15) is 4.79 Å². The molecule has 0 aliphatic carbocycles. The Labute approximate surface area is 115 Å². The predicted octanol–water partition coefficient (Wildman–Crippen LogP) is 1.84. The van der Waals surface area contributed by atoms with Gasteiger partial charge in [-0.05, 0) is 19.1 Å². The number of amides is 1. The standard InChI is InChI=1S/C14H13N5O/c1-9(13-15-6-7-16-13)18-14(20)12-8-17-10-4-2-3-5-11(10)19-12/h2-9H,1H3,(H,15,16)(H,18,20). The van der Waals surface area contributed by atoms with Gasteiger partial charge in [-0.2, -0.15) is 0 Å². The van der Waals surface area contributed by atoms with E-state index in [0.29, 0.717) is 17.0 Å². The number of nitrogens with zero attached hydrogens (tertiary/aromatic N) is 3. The van der Waals surface area contributed by atoms with E-state index in [4.69, 9.17) is 0 Å². The van der Waals surface area contributed by atoms with E-state index in [1.165, 1.54) is 6.20 Å². The molecule has 100 valence electrons. The van der Waals surface area contributed by atoms with E-state index in [0.717, 1.165) is 5.52 Å². The van der Waals surface area contributed by atoms with Gasteiger partial charge in [-0.1, -0.05) is 12.1 Å². The van der Waals surface area contributed by atoms with Crippen LogP contribution in [0.2, 0.25) is 0 Å². The highest BCUT2D eigenvalue weighted by atomic mass is 16.1. The van der Waals surface area contributed by atoms with Gasteiger partial charge in [0, 0.05) is 12.4 Å². The number of rotatable bonds is 3. The molecule has 3 rings (SSSR count). The molecule has 0 fully saturated rings. The number of fused-ring (bicyclic) bond motifs is 1. The monoisotopic (exact) mass is 267 g/mol. The molecule has 0 bridgehead atoms. The molecule has 2 aromatic heterocycles. The predicted molar refractivity (Wildman–Crippen MR) is 74.0 cm³/mol. The summed E-state index contributed by atoms with van der Waals surface area (Å²) in [5.74, 6) is 0.430. The van der Waals surface area contributed by atoms with Gasteiger partial charge < -0.3 is 10.3 Å². The van der Waals surface area contributed by atoms with Crippen LogP contribution in [0.1, 0.15) is 29.3 Å². The smallest absolute Gasteiger partial charge is 0.272 e. The van der Waals surface area contributed by atoms with Gasteiger partial charge in [-0.25, -0.2) is 9.97 Å². The molecular formula is C14H13N5O. The van der Waals surface area contributed by atoms with Crippen molar-refractivity contribution in [3.8, 4) is 0 Å². The first-order valence-corrected chi connectivity index (χ1v) is 6.26.